The molecule has 228 valence electrons. The highest BCUT2D eigenvalue weighted by molar-refractivity contribution is 6.49. The molecule has 0 saturated carbocycles. The first-order valence-corrected chi connectivity index (χ1v) is 16.2. The second kappa shape index (κ2) is 14.7. The molecule has 0 bridgehead atoms. The Morgan fingerprint density at radius 2 is 1.79 bits per heavy atom. The zero-order valence-electron chi connectivity index (χ0n) is 26.4. The molecule has 3 aromatic rings. The van der Waals surface area contributed by atoms with E-state index in [1.165, 1.54) is 37.7 Å². The molecule has 1 fully saturated rings. The summed E-state index contributed by atoms with van der Waals surface area (Å²) < 4.78 is 0. The van der Waals surface area contributed by atoms with E-state index >= 15 is 0 Å². The van der Waals surface area contributed by atoms with Gasteiger partial charge in [0.2, 0.25) is 0 Å². The van der Waals surface area contributed by atoms with Crippen LogP contribution in [-0.4, -0.2) is 52.7 Å². The van der Waals surface area contributed by atoms with Gasteiger partial charge in [-0.15, -0.1) is 0 Å². The Labute approximate surface area is 257 Å². The van der Waals surface area contributed by atoms with Crippen LogP contribution >= 0.6 is 0 Å². The number of pyridine rings is 2. The molecule has 1 aromatic carbocycles. The largest absolute Gasteiger partial charge is 0.370 e. The van der Waals surface area contributed by atoms with Crippen LogP contribution in [0.15, 0.2) is 60.0 Å². The molecule has 43 heavy (non-hydrogen) atoms. The summed E-state index contributed by atoms with van der Waals surface area (Å²) in [6, 6.07) is 12.6. The second-order valence-corrected chi connectivity index (χ2v) is 12.9. The van der Waals surface area contributed by atoms with Crippen LogP contribution < -0.4 is 10.6 Å². The summed E-state index contributed by atoms with van der Waals surface area (Å²) in [6.07, 6.45) is 13.1. The third kappa shape index (κ3) is 8.29. The van der Waals surface area contributed by atoms with E-state index in [4.69, 9.17) is 4.99 Å². The maximum Gasteiger partial charge on any atom is 0.274 e. The van der Waals surface area contributed by atoms with E-state index in [0.717, 1.165) is 60.7 Å². The lowest BCUT2D eigenvalue weighted by molar-refractivity contribution is -0.110. The molecular formula is C36H48N6O. The lowest BCUT2D eigenvalue weighted by atomic mass is 9.85. The average Bonchev–Trinajstić information content (AvgIpc) is 3.34. The lowest BCUT2D eigenvalue weighted by Crippen LogP contribution is -2.25. The van der Waals surface area contributed by atoms with Gasteiger partial charge >= 0.3 is 0 Å². The van der Waals surface area contributed by atoms with Gasteiger partial charge in [0.1, 0.15) is 11.5 Å². The summed E-state index contributed by atoms with van der Waals surface area (Å²) in [5, 5.41) is 6.43. The smallest absolute Gasteiger partial charge is 0.274 e. The van der Waals surface area contributed by atoms with Crippen molar-refractivity contribution in [3.8, 4) is 11.1 Å². The van der Waals surface area contributed by atoms with Crippen molar-refractivity contribution < 1.29 is 4.79 Å². The average molecular weight is 581 g/mol. The maximum absolute atomic E-state index is 13.7. The number of rotatable bonds is 10. The van der Waals surface area contributed by atoms with Crippen LogP contribution in [0, 0.1) is 11.8 Å². The summed E-state index contributed by atoms with van der Waals surface area (Å²) in [5.41, 5.74) is 6.57. The number of benzene rings is 1. The van der Waals surface area contributed by atoms with Crippen molar-refractivity contribution in [3.05, 3.63) is 71.7 Å². The first kappa shape index (κ1) is 30.9. The minimum absolute atomic E-state index is 0.202. The van der Waals surface area contributed by atoms with Crippen LogP contribution in [0.5, 0.6) is 0 Å². The van der Waals surface area contributed by atoms with Crippen LogP contribution in [0.3, 0.4) is 0 Å². The Hall–Kier alpha value is -3.58. The first-order chi connectivity index (χ1) is 20.9. The van der Waals surface area contributed by atoms with Gasteiger partial charge in [-0.05, 0) is 97.5 Å². The number of fused-ring (bicyclic) bond motifs is 1. The molecular weight excluding hydrogens is 532 g/mol. The minimum atomic E-state index is -0.202. The fourth-order valence-electron chi connectivity index (χ4n) is 6.09. The normalized spacial score (nSPS) is 19.2. The summed E-state index contributed by atoms with van der Waals surface area (Å²) in [5.74, 6) is 1.93. The number of aromatic nitrogens is 2. The predicted octanol–water partition coefficient (Wildman–Crippen LogP) is 7.55. The predicted molar refractivity (Wildman–Crippen MR) is 178 cm³/mol. The zero-order valence-corrected chi connectivity index (χ0v) is 26.4. The number of aliphatic imine (C=N–C) groups is 1. The van der Waals surface area contributed by atoms with E-state index in [0.29, 0.717) is 29.8 Å². The van der Waals surface area contributed by atoms with Crippen LogP contribution in [0.4, 0.5) is 11.5 Å². The van der Waals surface area contributed by atoms with Crippen molar-refractivity contribution in [1.29, 1.82) is 0 Å². The molecule has 0 aliphatic carbocycles. The Bertz CT molecular complexity index is 1390. The second-order valence-electron chi connectivity index (χ2n) is 12.9. The first-order valence-electron chi connectivity index (χ1n) is 16.2. The molecule has 1 amide bonds. The molecule has 2 N–H and O–H groups in total. The molecule has 4 heterocycles. The third-order valence-corrected chi connectivity index (χ3v) is 8.92. The van der Waals surface area contributed by atoms with E-state index in [2.05, 4.69) is 77.5 Å². The highest BCUT2D eigenvalue weighted by Crippen LogP contribution is 2.34. The standard InChI is InChI=1S/C36H48N6O/c1-25(2)10-9-15-38-34-14-12-31(23-39-34)41-36(43)35-33-19-29(11-13-32(33)27(4)26(3)20-40-35)30-18-28(21-37-22-30)24-42-16-7-5-6-8-17-42/h11-14,18-19,21-23,25-27H,5-10,15-17,20,24H2,1-4H3,(H,38,39)(H,41,43). The molecule has 0 radical (unpaired) electrons. The minimum Gasteiger partial charge on any atom is -0.370 e. The van der Waals surface area contributed by atoms with Crippen molar-refractivity contribution >= 4 is 23.1 Å². The van der Waals surface area contributed by atoms with Crippen LogP contribution in [0.2, 0.25) is 0 Å². The summed E-state index contributed by atoms with van der Waals surface area (Å²) >= 11 is 0. The van der Waals surface area contributed by atoms with Crippen molar-refractivity contribution in [3.63, 3.8) is 0 Å². The number of hydrogen-bond donors (Lipinski definition) is 2. The third-order valence-electron chi connectivity index (χ3n) is 8.92. The van der Waals surface area contributed by atoms with Gasteiger partial charge in [-0.1, -0.05) is 52.7 Å². The van der Waals surface area contributed by atoms with Crippen molar-refractivity contribution in [2.75, 3.05) is 36.8 Å². The molecule has 7 heteroatoms. The van der Waals surface area contributed by atoms with Gasteiger partial charge in [0.05, 0.1) is 11.9 Å². The lowest BCUT2D eigenvalue weighted by Gasteiger charge is -2.20. The summed E-state index contributed by atoms with van der Waals surface area (Å²) in [6.45, 7) is 13.7. The Kier molecular flexibility index (Phi) is 10.6. The van der Waals surface area contributed by atoms with E-state index in [-0.39, 0.29) is 11.8 Å². The Balaban J connectivity index is 1.34. The molecule has 7 nitrogen and oxygen atoms in total. The molecule has 2 unspecified atom stereocenters. The summed E-state index contributed by atoms with van der Waals surface area (Å²) in [7, 11) is 0. The Morgan fingerprint density at radius 1 is 0.977 bits per heavy atom. The topological polar surface area (TPSA) is 82.5 Å². The zero-order chi connectivity index (χ0) is 30.2. The molecule has 1 saturated heterocycles. The molecule has 0 spiro atoms. The fraction of sp³-hybridized carbons (Fsp3) is 0.500. The fourth-order valence-corrected chi connectivity index (χ4v) is 6.09. The van der Waals surface area contributed by atoms with Gasteiger partial charge in [0.15, 0.2) is 0 Å². The number of nitrogens with one attached hydrogen (secondary N) is 2. The highest BCUT2D eigenvalue weighted by atomic mass is 16.1. The molecule has 2 aromatic heterocycles. The van der Waals surface area contributed by atoms with Gasteiger partial charge in [0.25, 0.3) is 5.91 Å². The molecule has 2 atom stereocenters. The van der Waals surface area contributed by atoms with E-state index in [1.54, 1.807) is 6.20 Å². The SMILES string of the molecule is CC(C)CCCNc1ccc(NC(=O)C2=NCC(C)C(C)c3ccc(-c4cncc(CN5CCCCCC5)c4)cc32)cn1. The number of carbonyl (C=O) groups is 1. The van der Waals surface area contributed by atoms with Crippen molar-refractivity contribution in [1.82, 2.24) is 14.9 Å². The van der Waals surface area contributed by atoms with E-state index in [1.807, 2.05) is 24.5 Å². The van der Waals surface area contributed by atoms with E-state index < -0.39 is 0 Å². The highest BCUT2D eigenvalue weighted by Gasteiger charge is 2.27. The van der Waals surface area contributed by atoms with Crippen LogP contribution in [-0.2, 0) is 11.3 Å². The van der Waals surface area contributed by atoms with Crippen molar-refractivity contribution in [2.45, 2.75) is 78.7 Å². The number of nitrogens with zero attached hydrogens (tertiary/aromatic N) is 4. The monoisotopic (exact) mass is 580 g/mol. The van der Waals surface area contributed by atoms with Crippen molar-refractivity contribution in [2.24, 2.45) is 16.8 Å². The van der Waals surface area contributed by atoms with Crippen LogP contribution in [0.1, 0.15) is 88.8 Å². The van der Waals surface area contributed by atoms with Gasteiger partial charge in [-0.2, -0.15) is 0 Å². The van der Waals surface area contributed by atoms with Gasteiger partial charge in [0, 0.05) is 43.2 Å². The molecule has 2 aliphatic rings. The summed E-state index contributed by atoms with van der Waals surface area (Å²) in [4.78, 5) is 30.2. The number of carbonyl (C=O) groups excluding carboxylic acids is 1. The number of likely N-dealkylation sites (tertiary alicyclic amines) is 1. The van der Waals surface area contributed by atoms with Gasteiger partial charge in [-0.3, -0.25) is 19.7 Å². The van der Waals surface area contributed by atoms with Gasteiger partial charge < -0.3 is 10.6 Å². The molecule has 5 rings (SSSR count). The number of amides is 1. The van der Waals surface area contributed by atoms with Crippen LogP contribution in [0.25, 0.3) is 11.1 Å². The number of hydrogen-bond acceptors (Lipinski definition) is 6. The molecule has 2 aliphatic heterocycles. The Morgan fingerprint density at radius 3 is 2.53 bits per heavy atom. The van der Waals surface area contributed by atoms with Gasteiger partial charge in [-0.25, -0.2) is 4.98 Å². The quantitative estimate of drug-likeness (QED) is 0.242. The number of anilines is 2. The van der Waals surface area contributed by atoms with E-state index in [9.17, 15) is 4.79 Å². The maximum atomic E-state index is 13.7.